The van der Waals surface area contributed by atoms with Crippen molar-refractivity contribution in [3.63, 3.8) is 0 Å². The maximum atomic E-state index is 12.1. The lowest BCUT2D eigenvalue weighted by Crippen LogP contribution is -2.27. The second kappa shape index (κ2) is 4.74. The van der Waals surface area contributed by atoms with Crippen molar-refractivity contribution in [3.8, 4) is 5.75 Å². The van der Waals surface area contributed by atoms with Crippen LogP contribution < -0.4 is 15.4 Å². The van der Waals surface area contributed by atoms with E-state index in [1.807, 2.05) is 0 Å². The van der Waals surface area contributed by atoms with Gasteiger partial charge in [-0.2, -0.15) is 0 Å². The van der Waals surface area contributed by atoms with E-state index >= 15 is 0 Å². The molecule has 7 heteroatoms. The third kappa shape index (κ3) is 2.10. The minimum atomic E-state index is -0.401. The fourth-order valence-electron chi connectivity index (χ4n) is 1.44. The molecule has 1 aromatic carbocycles. The molecule has 2 aromatic rings. The molecule has 0 radical (unpaired) electrons. The number of nitrogens with zero attached hydrogens (tertiary/aromatic N) is 3. The van der Waals surface area contributed by atoms with Gasteiger partial charge >= 0.3 is 0 Å². The van der Waals surface area contributed by atoms with E-state index < -0.39 is 5.91 Å². The predicted molar refractivity (Wildman–Crippen MR) is 64.4 cm³/mol. The molecule has 0 unspecified atom stereocenters. The van der Waals surface area contributed by atoms with E-state index in [-0.39, 0.29) is 11.5 Å². The minimum Gasteiger partial charge on any atom is -0.497 e. The summed E-state index contributed by atoms with van der Waals surface area (Å²) in [4.78, 5) is 13.5. The van der Waals surface area contributed by atoms with Gasteiger partial charge in [-0.3, -0.25) is 4.79 Å². The summed E-state index contributed by atoms with van der Waals surface area (Å²) in [6.07, 6.45) is 0. The van der Waals surface area contributed by atoms with Crippen molar-refractivity contribution in [2.24, 2.45) is 0 Å². The van der Waals surface area contributed by atoms with Crippen LogP contribution in [0.4, 0.5) is 11.5 Å². The molecule has 0 aliphatic heterocycles. The number of amides is 1. The van der Waals surface area contributed by atoms with Crippen LogP contribution in [0.1, 0.15) is 10.5 Å². The lowest BCUT2D eigenvalue weighted by Gasteiger charge is -2.16. The molecule has 2 N–H and O–H groups in total. The molecule has 0 atom stereocenters. The molecule has 94 valence electrons. The van der Waals surface area contributed by atoms with E-state index in [9.17, 15) is 4.79 Å². The predicted octanol–water partition coefficient (Wildman–Crippen LogP) is 0.937. The molecule has 0 saturated carbocycles. The summed E-state index contributed by atoms with van der Waals surface area (Å²) < 4.78 is 9.49. The van der Waals surface area contributed by atoms with Crippen molar-refractivity contribution in [3.05, 3.63) is 30.0 Å². The molecule has 0 aliphatic rings. The lowest BCUT2D eigenvalue weighted by molar-refractivity contribution is 0.0984. The number of carbonyl (C=O) groups excluding carboxylic acids is 1. The number of hydrogen-bond acceptors (Lipinski definition) is 6. The number of hydrogen-bond donors (Lipinski definition) is 1. The van der Waals surface area contributed by atoms with Gasteiger partial charge in [0.1, 0.15) is 5.75 Å². The van der Waals surface area contributed by atoms with Crippen molar-refractivity contribution in [1.29, 1.82) is 0 Å². The Balaban J connectivity index is 2.28. The first-order valence-corrected chi connectivity index (χ1v) is 5.13. The van der Waals surface area contributed by atoms with Crippen LogP contribution in [0.3, 0.4) is 0 Å². The van der Waals surface area contributed by atoms with E-state index in [1.54, 1.807) is 38.4 Å². The van der Waals surface area contributed by atoms with Crippen LogP contribution in [-0.4, -0.2) is 30.4 Å². The number of aromatic nitrogens is 2. The van der Waals surface area contributed by atoms with Crippen molar-refractivity contribution >= 4 is 17.4 Å². The zero-order valence-corrected chi connectivity index (χ0v) is 9.95. The Kier molecular flexibility index (Phi) is 3.13. The third-order valence-electron chi connectivity index (χ3n) is 2.46. The number of methoxy groups -OCH3 is 1. The van der Waals surface area contributed by atoms with Gasteiger partial charge in [-0.05, 0) is 22.4 Å². The van der Waals surface area contributed by atoms with Crippen molar-refractivity contribution in [2.75, 3.05) is 24.8 Å². The van der Waals surface area contributed by atoms with Crippen molar-refractivity contribution in [2.45, 2.75) is 0 Å². The van der Waals surface area contributed by atoms with Gasteiger partial charge in [-0.1, -0.05) is 6.07 Å². The number of nitrogen functional groups attached to an aromatic ring is 1. The highest BCUT2D eigenvalue weighted by molar-refractivity contribution is 6.06. The number of anilines is 2. The van der Waals surface area contributed by atoms with Gasteiger partial charge in [-0.25, -0.2) is 4.63 Å². The second-order valence-corrected chi connectivity index (χ2v) is 3.56. The van der Waals surface area contributed by atoms with Crippen molar-refractivity contribution in [1.82, 2.24) is 10.3 Å². The SMILES string of the molecule is COc1cccc(N(C)C(=O)c2nonc2N)c1. The van der Waals surface area contributed by atoms with Crippen LogP contribution >= 0.6 is 0 Å². The van der Waals surface area contributed by atoms with E-state index in [0.717, 1.165) is 0 Å². The zero-order valence-electron chi connectivity index (χ0n) is 9.95. The van der Waals surface area contributed by atoms with Crippen molar-refractivity contribution < 1.29 is 14.2 Å². The molecular weight excluding hydrogens is 236 g/mol. The first kappa shape index (κ1) is 11.9. The van der Waals surface area contributed by atoms with Gasteiger partial charge in [0, 0.05) is 18.8 Å². The Hall–Kier alpha value is -2.57. The van der Waals surface area contributed by atoms with Crippen LogP contribution in [0.25, 0.3) is 0 Å². The average molecular weight is 248 g/mol. The average Bonchev–Trinajstić information content (AvgIpc) is 2.83. The second-order valence-electron chi connectivity index (χ2n) is 3.56. The molecule has 0 aliphatic carbocycles. The Morgan fingerprint density at radius 2 is 2.22 bits per heavy atom. The third-order valence-corrected chi connectivity index (χ3v) is 2.46. The zero-order chi connectivity index (χ0) is 13.1. The maximum absolute atomic E-state index is 12.1. The van der Waals surface area contributed by atoms with Gasteiger partial charge < -0.3 is 15.4 Å². The molecule has 0 spiro atoms. The summed E-state index contributed by atoms with van der Waals surface area (Å²) >= 11 is 0. The molecule has 0 bridgehead atoms. The lowest BCUT2D eigenvalue weighted by atomic mass is 10.2. The Bertz CT molecular complexity index is 567. The smallest absolute Gasteiger partial charge is 0.284 e. The molecule has 0 saturated heterocycles. The topological polar surface area (TPSA) is 94.5 Å². The molecule has 1 aromatic heterocycles. The van der Waals surface area contributed by atoms with E-state index in [1.165, 1.54) is 4.90 Å². The quantitative estimate of drug-likeness (QED) is 0.868. The summed E-state index contributed by atoms with van der Waals surface area (Å²) in [5.74, 6) is 0.218. The van der Waals surface area contributed by atoms with Gasteiger partial charge in [0.05, 0.1) is 7.11 Å². The van der Waals surface area contributed by atoms with Crippen LogP contribution in [0.2, 0.25) is 0 Å². The summed E-state index contributed by atoms with van der Waals surface area (Å²) in [6, 6.07) is 7.06. The van der Waals surface area contributed by atoms with E-state index in [2.05, 4.69) is 14.9 Å². The number of carbonyl (C=O) groups is 1. The molecule has 0 fully saturated rings. The molecular formula is C11H12N4O3. The monoisotopic (exact) mass is 248 g/mol. The normalized spacial score (nSPS) is 10.1. The first-order valence-electron chi connectivity index (χ1n) is 5.13. The fraction of sp³-hybridized carbons (Fsp3) is 0.182. The number of nitrogens with two attached hydrogens (primary N) is 1. The minimum absolute atomic E-state index is 0.0136. The van der Waals surface area contributed by atoms with Crippen LogP contribution in [0.15, 0.2) is 28.9 Å². The van der Waals surface area contributed by atoms with Gasteiger partial charge in [0.25, 0.3) is 5.91 Å². The fourth-order valence-corrected chi connectivity index (χ4v) is 1.44. The highest BCUT2D eigenvalue weighted by atomic mass is 16.6. The van der Waals surface area contributed by atoms with E-state index in [4.69, 9.17) is 10.5 Å². The molecule has 18 heavy (non-hydrogen) atoms. The number of benzene rings is 1. The Labute approximate surface area is 103 Å². The van der Waals surface area contributed by atoms with Crippen LogP contribution in [-0.2, 0) is 0 Å². The molecule has 1 heterocycles. The highest BCUT2D eigenvalue weighted by Crippen LogP contribution is 2.21. The Morgan fingerprint density at radius 1 is 1.44 bits per heavy atom. The first-order chi connectivity index (χ1) is 8.63. The van der Waals surface area contributed by atoms with Gasteiger partial charge in [0.15, 0.2) is 0 Å². The Morgan fingerprint density at radius 3 is 2.83 bits per heavy atom. The number of rotatable bonds is 3. The van der Waals surface area contributed by atoms with Gasteiger partial charge in [-0.15, -0.1) is 0 Å². The largest absolute Gasteiger partial charge is 0.497 e. The summed E-state index contributed by atoms with van der Waals surface area (Å²) in [5.41, 5.74) is 6.11. The summed E-state index contributed by atoms with van der Waals surface area (Å²) in [6.45, 7) is 0. The van der Waals surface area contributed by atoms with Crippen LogP contribution in [0.5, 0.6) is 5.75 Å². The molecule has 1 amide bonds. The van der Waals surface area contributed by atoms with Gasteiger partial charge in [0.2, 0.25) is 11.5 Å². The summed E-state index contributed by atoms with van der Waals surface area (Å²) in [5, 5.41) is 6.84. The molecule has 7 nitrogen and oxygen atoms in total. The van der Waals surface area contributed by atoms with E-state index in [0.29, 0.717) is 11.4 Å². The standard InChI is InChI=1S/C11H12N4O3/c1-15(7-4-3-5-8(6-7)17-2)11(16)9-10(12)14-18-13-9/h3-6H,1-2H3,(H2,12,14). The maximum Gasteiger partial charge on any atom is 0.284 e. The van der Waals surface area contributed by atoms with Crippen LogP contribution in [0, 0.1) is 0 Å². The molecule has 2 rings (SSSR count). The number of ether oxygens (including phenoxy) is 1. The summed E-state index contributed by atoms with van der Waals surface area (Å²) in [7, 11) is 3.16. The highest BCUT2D eigenvalue weighted by Gasteiger charge is 2.21.